The standard InChI is InChI=1S/C17H25NO/c1-11-9-13(5-6-14(11)18)19-15-10-12-7-8-17(15,4)16(12,2)3/h5-6,9,12,15H,7-8,10,18H2,1-4H3. The molecule has 2 bridgehead atoms. The van der Waals surface area contributed by atoms with Gasteiger partial charge in [0.1, 0.15) is 11.9 Å². The molecule has 0 saturated heterocycles. The molecule has 2 heteroatoms. The van der Waals surface area contributed by atoms with Crippen molar-refractivity contribution in [1.82, 2.24) is 0 Å². The fourth-order valence-corrected chi connectivity index (χ4v) is 4.19. The molecule has 0 amide bonds. The minimum Gasteiger partial charge on any atom is -0.490 e. The molecule has 3 rings (SSSR count). The van der Waals surface area contributed by atoms with Gasteiger partial charge in [-0.1, -0.05) is 20.8 Å². The number of ether oxygens (including phenoxy) is 1. The quantitative estimate of drug-likeness (QED) is 0.809. The van der Waals surface area contributed by atoms with E-state index < -0.39 is 0 Å². The smallest absolute Gasteiger partial charge is 0.120 e. The fourth-order valence-electron chi connectivity index (χ4n) is 4.19. The summed E-state index contributed by atoms with van der Waals surface area (Å²) in [5, 5.41) is 0. The number of rotatable bonds is 2. The van der Waals surface area contributed by atoms with Gasteiger partial charge in [0.2, 0.25) is 0 Å². The maximum absolute atomic E-state index is 6.33. The van der Waals surface area contributed by atoms with Gasteiger partial charge in [0, 0.05) is 11.1 Å². The fraction of sp³-hybridized carbons (Fsp3) is 0.647. The number of fused-ring (bicyclic) bond motifs is 2. The van der Waals surface area contributed by atoms with Crippen LogP contribution in [0.2, 0.25) is 0 Å². The third-order valence-electron chi connectivity index (χ3n) is 6.23. The molecule has 0 aromatic heterocycles. The number of hydrogen-bond donors (Lipinski definition) is 1. The van der Waals surface area contributed by atoms with Gasteiger partial charge in [-0.3, -0.25) is 0 Å². The Bertz CT molecular complexity index is 508. The average Bonchev–Trinajstić information content (AvgIpc) is 2.67. The highest BCUT2D eigenvalue weighted by molar-refractivity contribution is 5.49. The normalized spacial score (nSPS) is 35.6. The largest absolute Gasteiger partial charge is 0.490 e. The van der Waals surface area contributed by atoms with Crippen molar-refractivity contribution in [3.63, 3.8) is 0 Å². The van der Waals surface area contributed by atoms with Gasteiger partial charge in [0.25, 0.3) is 0 Å². The first kappa shape index (κ1) is 12.8. The van der Waals surface area contributed by atoms with Crippen LogP contribution in [0.25, 0.3) is 0 Å². The second-order valence-electron chi connectivity index (χ2n) is 7.24. The molecule has 104 valence electrons. The van der Waals surface area contributed by atoms with Gasteiger partial charge in [-0.05, 0) is 61.3 Å². The molecular weight excluding hydrogens is 234 g/mol. The summed E-state index contributed by atoms with van der Waals surface area (Å²) in [5.41, 5.74) is 8.53. The molecule has 1 aromatic rings. The Kier molecular flexibility index (Phi) is 2.64. The van der Waals surface area contributed by atoms with Gasteiger partial charge in [-0.2, -0.15) is 0 Å². The van der Waals surface area contributed by atoms with Crippen LogP contribution in [0.4, 0.5) is 5.69 Å². The molecule has 2 N–H and O–H groups in total. The van der Waals surface area contributed by atoms with Crippen molar-refractivity contribution in [3.8, 4) is 5.75 Å². The van der Waals surface area contributed by atoms with E-state index in [-0.39, 0.29) is 0 Å². The van der Waals surface area contributed by atoms with E-state index in [4.69, 9.17) is 10.5 Å². The van der Waals surface area contributed by atoms with Gasteiger partial charge >= 0.3 is 0 Å². The third-order valence-corrected chi connectivity index (χ3v) is 6.23. The Hall–Kier alpha value is -1.18. The second-order valence-corrected chi connectivity index (χ2v) is 7.24. The van der Waals surface area contributed by atoms with E-state index in [2.05, 4.69) is 26.8 Å². The molecule has 2 fully saturated rings. The number of hydrogen-bond acceptors (Lipinski definition) is 2. The molecule has 2 aliphatic carbocycles. The summed E-state index contributed by atoms with van der Waals surface area (Å²) in [6, 6.07) is 6.02. The Labute approximate surface area is 116 Å². The van der Waals surface area contributed by atoms with Crippen molar-refractivity contribution in [3.05, 3.63) is 23.8 Å². The van der Waals surface area contributed by atoms with Crippen LogP contribution in [-0.4, -0.2) is 6.10 Å². The molecule has 0 aliphatic heterocycles. The molecule has 0 heterocycles. The van der Waals surface area contributed by atoms with Crippen LogP contribution in [0.15, 0.2) is 18.2 Å². The van der Waals surface area contributed by atoms with Crippen molar-refractivity contribution in [2.24, 2.45) is 16.7 Å². The van der Waals surface area contributed by atoms with Crippen molar-refractivity contribution in [2.75, 3.05) is 5.73 Å². The number of benzene rings is 1. The van der Waals surface area contributed by atoms with E-state index in [1.54, 1.807) is 0 Å². The topological polar surface area (TPSA) is 35.2 Å². The predicted octanol–water partition coefficient (Wildman–Crippen LogP) is 4.17. The van der Waals surface area contributed by atoms with Crippen LogP contribution >= 0.6 is 0 Å². The van der Waals surface area contributed by atoms with Gasteiger partial charge < -0.3 is 10.5 Å². The SMILES string of the molecule is Cc1cc(OC2CC3CCC2(C)C3(C)C)ccc1N. The highest BCUT2D eigenvalue weighted by Crippen LogP contribution is 2.66. The molecule has 0 spiro atoms. The lowest BCUT2D eigenvalue weighted by atomic mass is 9.70. The van der Waals surface area contributed by atoms with Crippen LogP contribution in [0.5, 0.6) is 5.75 Å². The van der Waals surface area contributed by atoms with Crippen LogP contribution < -0.4 is 10.5 Å². The van der Waals surface area contributed by atoms with Gasteiger partial charge in [0.15, 0.2) is 0 Å². The van der Waals surface area contributed by atoms with E-state index in [9.17, 15) is 0 Å². The summed E-state index contributed by atoms with van der Waals surface area (Å²) in [5.74, 6) is 1.79. The monoisotopic (exact) mass is 259 g/mol. The maximum atomic E-state index is 6.33. The van der Waals surface area contributed by atoms with Gasteiger partial charge in [0.05, 0.1) is 0 Å². The Morgan fingerprint density at radius 2 is 2.00 bits per heavy atom. The summed E-state index contributed by atoms with van der Waals surface area (Å²) < 4.78 is 6.33. The van der Waals surface area contributed by atoms with Crippen molar-refractivity contribution < 1.29 is 4.74 Å². The number of nitrogens with two attached hydrogens (primary N) is 1. The third kappa shape index (κ3) is 1.69. The summed E-state index contributed by atoms with van der Waals surface area (Å²) >= 11 is 0. The zero-order valence-electron chi connectivity index (χ0n) is 12.5. The Morgan fingerprint density at radius 1 is 1.26 bits per heavy atom. The number of nitrogen functional groups attached to an aromatic ring is 1. The second kappa shape index (κ2) is 3.91. The zero-order valence-corrected chi connectivity index (χ0v) is 12.5. The highest BCUT2D eigenvalue weighted by Gasteiger charge is 2.62. The first-order valence-electron chi connectivity index (χ1n) is 7.37. The highest BCUT2D eigenvalue weighted by atomic mass is 16.5. The Morgan fingerprint density at radius 3 is 2.53 bits per heavy atom. The maximum Gasteiger partial charge on any atom is 0.120 e. The molecule has 2 saturated carbocycles. The lowest BCUT2D eigenvalue weighted by Crippen LogP contribution is -2.38. The van der Waals surface area contributed by atoms with Crippen LogP contribution in [0.1, 0.15) is 45.6 Å². The number of anilines is 1. The summed E-state index contributed by atoms with van der Waals surface area (Å²) in [4.78, 5) is 0. The average molecular weight is 259 g/mol. The van der Waals surface area contributed by atoms with Crippen molar-refractivity contribution in [1.29, 1.82) is 0 Å². The van der Waals surface area contributed by atoms with Crippen LogP contribution in [-0.2, 0) is 0 Å². The first-order valence-corrected chi connectivity index (χ1v) is 7.37. The van der Waals surface area contributed by atoms with Crippen molar-refractivity contribution in [2.45, 2.75) is 53.1 Å². The van der Waals surface area contributed by atoms with E-state index >= 15 is 0 Å². The lowest BCUT2D eigenvalue weighted by molar-refractivity contribution is 0.0301. The minimum absolute atomic E-state index is 0.312. The van der Waals surface area contributed by atoms with Gasteiger partial charge in [-0.25, -0.2) is 0 Å². The molecule has 19 heavy (non-hydrogen) atoms. The van der Waals surface area contributed by atoms with E-state index in [0.29, 0.717) is 16.9 Å². The Balaban J connectivity index is 1.84. The van der Waals surface area contributed by atoms with Crippen LogP contribution in [0, 0.1) is 23.7 Å². The summed E-state index contributed by atoms with van der Waals surface area (Å²) in [6.07, 6.45) is 4.21. The van der Waals surface area contributed by atoms with E-state index in [1.165, 1.54) is 19.3 Å². The molecule has 0 radical (unpaired) electrons. The molecule has 1 aromatic carbocycles. The molecule has 3 atom stereocenters. The molecular formula is C17H25NO. The predicted molar refractivity (Wildman–Crippen MR) is 79.2 cm³/mol. The zero-order chi connectivity index (χ0) is 13.8. The van der Waals surface area contributed by atoms with Crippen LogP contribution in [0.3, 0.4) is 0 Å². The summed E-state index contributed by atoms with van der Waals surface area (Å²) in [6.45, 7) is 9.29. The lowest BCUT2D eigenvalue weighted by Gasteiger charge is -2.38. The molecule has 2 aliphatic rings. The van der Waals surface area contributed by atoms with E-state index in [1.807, 2.05) is 19.1 Å². The van der Waals surface area contributed by atoms with E-state index in [0.717, 1.165) is 22.9 Å². The van der Waals surface area contributed by atoms with Crippen molar-refractivity contribution >= 4 is 5.69 Å². The minimum atomic E-state index is 0.312. The first-order chi connectivity index (χ1) is 8.84. The number of aryl methyl sites for hydroxylation is 1. The molecule has 3 unspecified atom stereocenters. The van der Waals surface area contributed by atoms with Gasteiger partial charge in [-0.15, -0.1) is 0 Å². The molecule has 2 nitrogen and oxygen atoms in total. The summed E-state index contributed by atoms with van der Waals surface area (Å²) in [7, 11) is 0.